The third kappa shape index (κ3) is 5.20. The Balaban J connectivity index is 0.00000192. The van der Waals surface area contributed by atoms with E-state index in [1.54, 1.807) is 0 Å². The summed E-state index contributed by atoms with van der Waals surface area (Å²) in [4.78, 5) is 12.2. The van der Waals surface area contributed by atoms with Gasteiger partial charge in [-0.25, -0.2) is 0 Å². The van der Waals surface area contributed by atoms with Crippen molar-refractivity contribution in [2.24, 2.45) is 0 Å². The first-order chi connectivity index (χ1) is 10.8. The first-order valence-electron chi connectivity index (χ1n) is 8.54. The highest BCUT2D eigenvalue weighted by Gasteiger charge is 2.14. The molecule has 0 bridgehead atoms. The second-order valence-electron chi connectivity index (χ2n) is 6.37. The van der Waals surface area contributed by atoms with E-state index in [2.05, 4.69) is 10.6 Å². The second-order valence-corrected chi connectivity index (χ2v) is 6.37. The molecule has 1 aromatic rings. The molecule has 128 valence electrons. The predicted octanol–water partition coefficient (Wildman–Crippen LogP) is 3.18. The molecule has 1 aliphatic heterocycles. The van der Waals surface area contributed by atoms with Gasteiger partial charge in [0.05, 0.1) is 13.2 Å². The molecule has 5 heteroatoms. The van der Waals surface area contributed by atoms with Crippen molar-refractivity contribution >= 4 is 18.3 Å². The number of hydrogen-bond acceptors (Lipinski definition) is 3. The van der Waals surface area contributed by atoms with Crippen LogP contribution in [0.1, 0.15) is 60.0 Å². The first kappa shape index (κ1) is 18.2. The molecule has 1 saturated carbocycles. The van der Waals surface area contributed by atoms with E-state index in [1.807, 2.05) is 18.2 Å². The quantitative estimate of drug-likeness (QED) is 0.640. The number of ether oxygens (including phenoxy) is 1. The van der Waals surface area contributed by atoms with E-state index in [0.29, 0.717) is 25.8 Å². The van der Waals surface area contributed by atoms with Crippen molar-refractivity contribution in [3.05, 3.63) is 34.9 Å². The van der Waals surface area contributed by atoms with Gasteiger partial charge in [-0.1, -0.05) is 31.7 Å². The monoisotopic (exact) mass is 338 g/mol. The van der Waals surface area contributed by atoms with Gasteiger partial charge in [-0.15, -0.1) is 12.4 Å². The lowest BCUT2D eigenvalue weighted by Gasteiger charge is -2.16. The van der Waals surface area contributed by atoms with E-state index in [0.717, 1.165) is 17.7 Å². The molecule has 4 nitrogen and oxygen atoms in total. The number of rotatable bonds is 5. The minimum Gasteiger partial charge on any atom is -0.372 e. The second kappa shape index (κ2) is 9.26. The summed E-state index contributed by atoms with van der Waals surface area (Å²) in [5.41, 5.74) is 3.08. The average Bonchev–Trinajstić information content (AvgIpc) is 2.85. The summed E-state index contributed by atoms with van der Waals surface area (Å²) in [6.07, 6.45) is 7.97. The summed E-state index contributed by atoms with van der Waals surface area (Å²) in [7, 11) is 0. The van der Waals surface area contributed by atoms with Crippen molar-refractivity contribution in [3.63, 3.8) is 0 Å². The van der Waals surface area contributed by atoms with E-state index in [4.69, 9.17) is 4.74 Å². The van der Waals surface area contributed by atoms with Gasteiger partial charge in [0.15, 0.2) is 0 Å². The highest BCUT2D eigenvalue weighted by atomic mass is 35.5. The molecule has 2 N–H and O–H groups in total. The summed E-state index contributed by atoms with van der Waals surface area (Å²) >= 11 is 0. The van der Waals surface area contributed by atoms with Gasteiger partial charge >= 0.3 is 0 Å². The first-order valence-corrected chi connectivity index (χ1v) is 8.54. The van der Waals surface area contributed by atoms with Crippen molar-refractivity contribution in [2.45, 2.75) is 57.8 Å². The van der Waals surface area contributed by atoms with Gasteiger partial charge in [0, 0.05) is 24.7 Å². The maximum absolute atomic E-state index is 12.2. The lowest BCUT2D eigenvalue weighted by molar-refractivity contribution is 0.0953. The highest BCUT2D eigenvalue weighted by Crippen LogP contribution is 2.20. The van der Waals surface area contributed by atoms with Crippen molar-refractivity contribution in [1.82, 2.24) is 10.6 Å². The lowest BCUT2D eigenvalue weighted by Crippen LogP contribution is -2.36. The van der Waals surface area contributed by atoms with Gasteiger partial charge in [0.1, 0.15) is 0 Å². The zero-order valence-electron chi connectivity index (χ0n) is 13.6. The van der Waals surface area contributed by atoms with Crippen LogP contribution in [0.15, 0.2) is 18.2 Å². The standard InChI is InChI=1S/C18H26N2O2.ClH/c21-18(14-7-8-15-12-22-13-16(15)11-14)20-10-9-19-17-5-3-1-2-4-6-17;/h7-8,11,17,19H,1-6,9-10,12-13H2,(H,20,21);1H. The molecule has 0 atom stereocenters. The third-order valence-electron chi connectivity index (χ3n) is 4.68. The molecular weight excluding hydrogens is 312 g/mol. The molecular formula is C18H27ClN2O2. The van der Waals surface area contributed by atoms with Crippen LogP contribution < -0.4 is 10.6 Å². The molecule has 1 fully saturated rings. The zero-order valence-corrected chi connectivity index (χ0v) is 14.4. The molecule has 23 heavy (non-hydrogen) atoms. The van der Waals surface area contributed by atoms with Crippen LogP contribution in [0.2, 0.25) is 0 Å². The number of nitrogens with one attached hydrogen (secondary N) is 2. The Labute approximate surface area is 144 Å². The fourth-order valence-corrected chi connectivity index (χ4v) is 3.35. The topological polar surface area (TPSA) is 50.4 Å². The van der Waals surface area contributed by atoms with Gasteiger partial charge in [-0.2, -0.15) is 0 Å². The van der Waals surface area contributed by atoms with Crippen LogP contribution in [0.25, 0.3) is 0 Å². The number of halogens is 1. The van der Waals surface area contributed by atoms with Crippen molar-refractivity contribution in [2.75, 3.05) is 13.1 Å². The van der Waals surface area contributed by atoms with Crippen molar-refractivity contribution in [1.29, 1.82) is 0 Å². The molecule has 0 saturated heterocycles. The van der Waals surface area contributed by atoms with Crippen LogP contribution in [0.5, 0.6) is 0 Å². The Hall–Kier alpha value is -1.10. The largest absolute Gasteiger partial charge is 0.372 e. The molecule has 3 rings (SSSR count). The minimum atomic E-state index is 0. The summed E-state index contributed by atoms with van der Waals surface area (Å²) in [6, 6.07) is 6.48. The number of benzene rings is 1. The fraction of sp³-hybridized carbons (Fsp3) is 0.611. The number of amides is 1. The van der Waals surface area contributed by atoms with Crippen LogP contribution >= 0.6 is 12.4 Å². The predicted molar refractivity (Wildman–Crippen MR) is 94.0 cm³/mol. The average molecular weight is 339 g/mol. The SMILES string of the molecule is Cl.O=C(NCCNC1CCCCCC1)c1ccc2c(c1)COC2. The Kier molecular flexibility index (Phi) is 7.34. The van der Waals surface area contributed by atoms with Crippen LogP contribution in [0, 0.1) is 0 Å². The third-order valence-corrected chi connectivity index (χ3v) is 4.68. The Morgan fingerprint density at radius 1 is 1.04 bits per heavy atom. The van der Waals surface area contributed by atoms with Crippen molar-refractivity contribution < 1.29 is 9.53 Å². The fourth-order valence-electron chi connectivity index (χ4n) is 3.35. The Morgan fingerprint density at radius 2 is 1.78 bits per heavy atom. The van der Waals surface area contributed by atoms with Crippen LogP contribution in [0.3, 0.4) is 0 Å². The van der Waals surface area contributed by atoms with Crippen LogP contribution in [-0.2, 0) is 18.0 Å². The molecule has 1 aromatic carbocycles. The molecule has 0 aromatic heterocycles. The number of fused-ring (bicyclic) bond motifs is 1. The highest BCUT2D eigenvalue weighted by molar-refractivity contribution is 5.94. The van der Waals surface area contributed by atoms with Gasteiger partial charge in [0.2, 0.25) is 0 Å². The van der Waals surface area contributed by atoms with Crippen molar-refractivity contribution in [3.8, 4) is 0 Å². The number of carbonyl (C=O) groups is 1. The Morgan fingerprint density at radius 3 is 2.57 bits per heavy atom. The summed E-state index contributed by atoms with van der Waals surface area (Å²) < 4.78 is 5.38. The molecule has 1 heterocycles. The van der Waals surface area contributed by atoms with E-state index in [-0.39, 0.29) is 18.3 Å². The minimum absolute atomic E-state index is 0. The molecule has 0 radical (unpaired) electrons. The zero-order chi connectivity index (χ0) is 15.2. The maximum atomic E-state index is 12.2. The van der Waals surface area contributed by atoms with Gasteiger partial charge in [-0.3, -0.25) is 4.79 Å². The van der Waals surface area contributed by atoms with Crippen LogP contribution in [-0.4, -0.2) is 25.0 Å². The van der Waals surface area contributed by atoms with Gasteiger partial charge in [-0.05, 0) is 36.1 Å². The molecule has 2 aliphatic rings. The van der Waals surface area contributed by atoms with E-state index in [9.17, 15) is 4.79 Å². The van der Waals surface area contributed by atoms with E-state index in [1.165, 1.54) is 44.1 Å². The van der Waals surface area contributed by atoms with E-state index >= 15 is 0 Å². The molecule has 0 unspecified atom stereocenters. The summed E-state index contributed by atoms with van der Waals surface area (Å²) in [5.74, 6) is 0.0115. The molecule has 0 spiro atoms. The van der Waals surface area contributed by atoms with Crippen LogP contribution in [0.4, 0.5) is 0 Å². The number of carbonyl (C=O) groups excluding carboxylic acids is 1. The maximum Gasteiger partial charge on any atom is 0.251 e. The smallest absolute Gasteiger partial charge is 0.251 e. The molecule has 1 amide bonds. The van der Waals surface area contributed by atoms with Gasteiger partial charge < -0.3 is 15.4 Å². The summed E-state index contributed by atoms with van der Waals surface area (Å²) in [6.45, 7) is 2.83. The summed E-state index contributed by atoms with van der Waals surface area (Å²) in [5, 5.41) is 6.58. The normalized spacial score (nSPS) is 17.9. The van der Waals surface area contributed by atoms with Gasteiger partial charge in [0.25, 0.3) is 5.91 Å². The van der Waals surface area contributed by atoms with E-state index < -0.39 is 0 Å². The lowest BCUT2D eigenvalue weighted by atomic mass is 10.1. The molecule has 1 aliphatic carbocycles. The Bertz CT molecular complexity index is 514. The number of hydrogen-bond donors (Lipinski definition) is 2.